The number of rotatable bonds is 1. The molecule has 2 heterocycles. The monoisotopic (exact) mass is 275 g/mol. The minimum atomic E-state index is 0.0451. The minimum Gasteiger partial charge on any atom is -0.325 e. The fraction of sp³-hybridized carbons (Fsp3) is 0.176. The van der Waals surface area contributed by atoms with Crippen LogP contribution in [0, 0.1) is 11.5 Å². The third kappa shape index (κ3) is 1.78. The zero-order valence-electron chi connectivity index (χ0n) is 11.4. The maximum Gasteiger partial charge on any atom is 0.228 e. The molecule has 1 N–H and O–H groups in total. The van der Waals surface area contributed by atoms with E-state index in [1.54, 1.807) is 4.90 Å². The van der Waals surface area contributed by atoms with Crippen LogP contribution in [-0.4, -0.2) is 10.8 Å². The Hall–Kier alpha value is -2.80. The maximum absolute atomic E-state index is 11.7. The summed E-state index contributed by atoms with van der Waals surface area (Å²) in [5.74, 6) is 0.0451. The number of nitrogens with one attached hydrogen (secondary N) is 1. The van der Waals surface area contributed by atoms with Gasteiger partial charge in [-0.25, -0.2) is 0 Å². The van der Waals surface area contributed by atoms with E-state index in [-0.39, 0.29) is 5.91 Å². The molecule has 0 atom stereocenters. The van der Waals surface area contributed by atoms with E-state index in [2.05, 4.69) is 23.6 Å². The average Bonchev–Trinajstić information content (AvgIpc) is 3.07. The molecule has 102 valence electrons. The van der Waals surface area contributed by atoms with Crippen molar-refractivity contribution in [1.82, 2.24) is 4.90 Å². The summed E-state index contributed by atoms with van der Waals surface area (Å²) in [7, 11) is 0. The van der Waals surface area contributed by atoms with E-state index in [0.29, 0.717) is 19.5 Å². The average molecular weight is 275 g/mol. The van der Waals surface area contributed by atoms with E-state index in [0.717, 1.165) is 22.4 Å². The van der Waals surface area contributed by atoms with Gasteiger partial charge in [0.1, 0.15) is 0 Å². The first-order valence-corrected chi connectivity index (χ1v) is 6.94. The van der Waals surface area contributed by atoms with Gasteiger partial charge in [-0.1, -0.05) is 36.4 Å². The quantitative estimate of drug-likeness (QED) is 0.814. The second-order valence-corrected chi connectivity index (χ2v) is 5.46. The molecule has 0 radical (unpaired) electrons. The van der Waals surface area contributed by atoms with Crippen molar-refractivity contribution < 1.29 is 4.79 Å². The van der Waals surface area contributed by atoms with Crippen LogP contribution in [0.2, 0.25) is 0 Å². The topological polar surface area (TPSA) is 56.1 Å². The molecule has 21 heavy (non-hydrogen) atoms. The Morgan fingerprint density at radius 3 is 2.62 bits per heavy atom. The Bertz CT molecular complexity index is 804. The van der Waals surface area contributed by atoms with Gasteiger partial charge in [0.2, 0.25) is 5.91 Å². The molecule has 2 aromatic carbocycles. The first-order chi connectivity index (χ1) is 10.3. The van der Waals surface area contributed by atoms with Gasteiger partial charge in [0.15, 0.2) is 6.19 Å². The van der Waals surface area contributed by atoms with Crippen molar-refractivity contribution in [2.45, 2.75) is 19.5 Å². The Morgan fingerprint density at radius 1 is 1.05 bits per heavy atom. The molecule has 2 aliphatic heterocycles. The van der Waals surface area contributed by atoms with E-state index in [9.17, 15) is 4.79 Å². The highest BCUT2D eigenvalue weighted by Gasteiger charge is 2.25. The fourth-order valence-electron chi connectivity index (χ4n) is 3.22. The minimum absolute atomic E-state index is 0.0451. The van der Waals surface area contributed by atoms with Crippen LogP contribution in [0.1, 0.15) is 16.7 Å². The standard InChI is InChI=1S/C17H13N3O/c18-10-20-8-12-4-2-5-13(15(12)9-20)14-6-1-3-11-7-16(21)19-17(11)14/h1-6H,7-9H2,(H,19,21). The number of carbonyl (C=O) groups is 1. The summed E-state index contributed by atoms with van der Waals surface area (Å²) in [6.45, 7) is 1.31. The first-order valence-electron chi connectivity index (χ1n) is 6.94. The number of nitriles is 1. The molecule has 0 saturated heterocycles. The van der Waals surface area contributed by atoms with Crippen LogP contribution >= 0.6 is 0 Å². The SMILES string of the molecule is N#CN1Cc2cccc(-c3cccc4c3NC(=O)C4)c2C1. The molecule has 0 saturated carbocycles. The lowest BCUT2D eigenvalue weighted by molar-refractivity contribution is -0.115. The van der Waals surface area contributed by atoms with Gasteiger partial charge in [-0.2, -0.15) is 5.26 Å². The van der Waals surface area contributed by atoms with Gasteiger partial charge in [0.05, 0.1) is 25.2 Å². The van der Waals surface area contributed by atoms with Gasteiger partial charge in [0.25, 0.3) is 0 Å². The van der Waals surface area contributed by atoms with Gasteiger partial charge in [-0.05, 0) is 22.3 Å². The van der Waals surface area contributed by atoms with Crippen molar-refractivity contribution in [2.24, 2.45) is 0 Å². The molecule has 2 aromatic rings. The zero-order chi connectivity index (χ0) is 14.4. The van der Waals surface area contributed by atoms with Gasteiger partial charge < -0.3 is 10.2 Å². The molecule has 0 unspecified atom stereocenters. The van der Waals surface area contributed by atoms with Crippen LogP contribution < -0.4 is 5.32 Å². The highest BCUT2D eigenvalue weighted by atomic mass is 16.1. The number of hydrogen-bond acceptors (Lipinski definition) is 3. The third-order valence-electron chi connectivity index (χ3n) is 4.18. The van der Waals surface area contributed by atoms with E-state index in [1.807, 2.05) is 24.3 Å². The second kappa shape index (κ2) is 4.35. The number of fused-ring (bicyclic) bond motifs is 2. The molecule has 0 aromatic heterocycles. The number of anilines is 1. The molecule has 0 bridgehead atoms. The summed E-state index contributed by atoms with van der Waals surface area (Å²) in [6, 6.07) is 12.2. The number of carbonyl (C=O) groups excluding carboxylic acids is 1. The number of para-hydroxylation sites is 1. The Balaban J connectivity index is 1.88. The fourth-order valence-corrected chi connectivity index (χ4v) is 3.22. The number of amides is 1. The molecule has 0 fully saturated rings. The van der Waals surface area contributed by atoms with Crippen LogP contribution in [0.5, 0.6) is 0 Å². The largest absolute Gasteiger partial charge is 0.325 e. The third-order valence-corrected chi connectivity index (χ3v) is 4.18. The Labute approximate surface area is 122 Å². The van der Waals surface area contributed by atoms with Gasteiger partial charge in [-0.3, -0.25) is 4.79 Å². The summed E-state index contributed by atoms with van der Waals surface area (Å²) in [5.41, 5.74) is 6.51. The number of benzene rings is 2. The van der Waals surface area contributed by atoms with Crippen LogP contribution in [0.3, 0.4) is 0 Å². The molecule has 2 aliphatic rings. The Morgan fingerprint density at radius 2 is 1.81 bits per heavy atom. The molecule has 4 heteroatoms. The number of nitrogens with zero attached hydrogens (tertiary/aromatic N) is 2. The zero-order valence-corrected chi connectivity index (χ0v) is 11.4. The molecular formula is C17H13N3O. The lowest BCUT2D eigenvalue weighted by Crippen LogP contribution is -2.07. The summed E-state index contributed by atoms with van der Waals surface area (Å²) >= 11 is 0. The molecule has 0 aliphatic carbocycles. The van der Waals surface area contributed by atoms with Crippen molar-refractivity contribution in [3.8, 4) is 17.3 Å². The maximum atomic E-state index is 11.7. The molecule has 4 nitrogen and oxygen atoms in total. The van der Waals surface area contributed by atoms with Crippen LogP contribution in [-0.2, 0) is 24.3 Å². The van der Waals surface area contributed by atoms with Crippen LogP contribution in [0.15, 0.2) is 36.4 Å². The lowest BCUT2D eigenvalue weighted by Gasteiger charge is -2.12. The smallest absolute Gasteiger partial charge is 0.228 e. The summed E-state index contributed by atoms with van der Waals surface area (Å²) < 4.78 is 0. The van der Waals surface area contributed by atoms with E-state index >= 15 is 0 Å². The highest BCUT2D eigenvalue weighted by molar-refractivity contribution is 6.04. The van der Waals surface area contributed by atoms with Crippen molar-refractivity contribution >= 4 is 11.6 Å². The molecule has 4 rings (SSSR count). The van der Waals surface area contributed by atoms with E-state index < -0.39 is 0 Å². The Kier molecular flexibility index (Phi) is 2.48. The predicted octanol–water partition coefficient (Wildman–Crippen LogP) is 2.64. The lowest BCUT2D eigenvalue weighted by atomic mass is 9.94. The van der Waals surface area contributed by atoms with Crippen molar-refractivity contribution in [3.05, 3.63) is 53.1 Å². The van der Waals surface area contributed by atoms with Crippen molar-refractivity contribution in [3.63, 3.8) is 0 Å². The molecule has 1 amide bonds. The van der Waals surface area contributed by atoms with Gasteiger partial charge in [-0.15, -0.1) is 0 Å². The van der Waals surface area contributed by atoms with Gasteiger partial charge >= 0.3 is 0 Å². The van der Waals surface area contributed by atoms with Crippen LogP contribution in [0.4, 0.5) is 5.69 Å². The predicted molar refractivity (Wildman–Crippen MR) is 79.1 cm³/mol. The summed E-state index contributed by atoms with van der Waals surface area (Å²) in [4.78, 5) is 13.4. The second-order valence-electron chi connectivity index (χ2n) is 5.46. The molecule has 0 spiro atoms. The van der Waals surface area contributed by atoms with Crippen molar-refractivity contribution in [2.75, 3.05) is 5.32 Å². The van der Waals surface area contributed by atoms with E-state index in [1.165, 1.54) is 11.1 Å². The summed E-state index contributed by atoms with van der Waals surface area (Å²) in [6.07, 6.45) is 2.66. The van der Waals surface area contributed by atoms with Gasteiger partial charge in [0, 0.05) is 5.56 Å². The first kappa shape index (κ1) is 12.0. The van der Waals surface area contributed by atoms with Crippen molar-refractivity contribution in [1.29, 1.82) is 5.26 Å². The molecular weight excluding hydrogens is 262 g/mol. The number of hydrogen-bond donors (Lipinski definition) is 1. The highest BCUT2D eigenvalue weighted by Crippen LogP contribution is 2.39. The summed E-state index contributed by atoms with van der Waals surface area (Å²) in [5, 5.41) is 12.1. The normalized spacial score (nSPS) is 15.4. The van der Waals surface area contributed by atoms with Crippen LogP contribution in [0.25, 0.3) is 11.1 Å². The van der Waals surface area contributed by atoms with E-state index in [4.69, 9.17) is 5.26 Å².